The van der Waals surface area contributed by atoms with Crippen LogP contribution in [0, 0.1) is 6.92 Å². The van der Waals surface area contributed by atoms with E-state index in [1.807, 2.05) is 49.4 Å². The van der Waals surface area contributed by atoms with E-state index in [4.69, 9.17) is 18.9 Å². The Kier molecular flexibility index (Phi) is 8.68. The molecule has 3 aromatic rings. The lowest BCUT2D eigenvalue weighted by Gasteiger charge is -2.27. The van der Waals surface area contributed by atoms with E-state index < -0.39 is 12.0 Å². The zero-order valence-electron chi connectivity index (χ0n) is 21.9. The maximum Gasteiger partial charge on any atom is 0.328 e. The van der Waals surface area contributed by atoms with Gasteiger partial charge in [0, 0.05) is 49.7 Å². The number of fused-ring (bicyclic) bond motifs is 1. The Balaban J connectivity index is 1.71. The molecule has 1 fully saturated rings. The van der Waals surface area contributed by atoms with Gasteiger partial charge < -0.3 is 28.8 Å². The lowest BCUT2D eigenvalue weighted by Crippen LogP contribution is -2.43. The van der Waals surface area contributed by atoms with E-state index in [0.29, 0.717) is 35.4 Å². The fourth-order valence-electron chi connectivity index (χ4n) is 4.87. The number of benzene rings is 2. The molecule has 0 unspecified atom stereocenters. The topological polar surface area (TPSA) is 91.3 Å². The number of rotatable bonds is 10. The molecule has 0 spiro atoms. The van der Waals surface area contributed by atoms with E-state index >= 15 is 0 Å². The summed E-state index contributed by atoms with van der Waals surface area (Å²) in [5.74, 6) is 0.347. The maximum absolute atomic E-state index is 13.8. The molecule has 198 valence electrons. The molecule has 0 aliphatic carbocycles. The third-order valence-electron chi connectivity index (χ3n) is 6.85. The average molecular weight is 510 g/mol. The second kappa shape index (κ2) is 12.1. The summed E-state index contributed by atoms with van der Waals surface area (Å²) in [5.41, 5.74) is 3.01. The third-order valence-corrected chi connectivity index (χ3v) is 6.85. The summed E-state index contributed by atoms with van der Waals surface area (Å²) in [6.45, 7) is 6.58. The SMILES string of the molecule is COC(=O)[C@@H](Cc1ccccc1)NC(=O)c1c(C)n(CCN2CCOCC2)c2c(OC)cc(OC)cc12. The molecule has 1 saturated heterocycles. The Labute approximate surface area is 217 Å². The van der Waals surface area contributed by atoms with Crippen LogP contribution in [0.2, 0.25) is 0 Å². The van der Waals surface area contributed by atoms with Crippen molar-refractivity contribution in [1.29, 1.82) is 0 Å². The average Bonchev–Trinajstić information content (AvgIpc) is 3.22. The van der Waals surface area contributed by atoms with E-state index in [1.54, 1.807) is 14.2 Å². The fraction of sp³-hybridized carbons (Fsp3) is 0.429. The monoisotopic (exact) mass is 509 g/mol. The molecule has 9 nitrogen and oxygen atoms in total. The normalized spacial score (nSPS) is 14.8. The molecule has 0 saturated carbocycles. The Morgan fingerprint density at radius 3 is 2.41 bits per heavy atom. The van der Waals surface area contributed by atoms with Gasteiger partial charge in [-0.15, -0.1) is 0 Å². The van der Waals surface area contributed by atoms with Gasteiger partial charge in [0.1, 0.15) is 17.5 Å². The molecule has 0 radical (unpaired) electrons. The quantitative estimate of drug-likeness (QED) is 0.420. The van der Waals surface area contributed by atoms with Crippen molar-refractivity contribution in [2.75, 3.05) is 54.2 Å². The summed E-state index contributed by atoms with van der Waals surface area (Å²) in [6.07, 6.45) is 0.320. The molecule has 1 aliphatic rings. The first-order valence-electron chi connectivity index (χ1n) is 12.4. The smallest absolute Gasteiger partial charge is 0.328 e. The number of methoxy groups -OCH3 is 3. The van der Waals surface area contributed by atoms with Gasteiger partial charge in [0.25, 0.3) is 5.91 Å². The largest absolute Gasteiger partial charge is 0.497 e. The van der Waals surface area contributed by atoms with Crippen LogP contribution in [0.4, 0.5) is 0 Å². The molecule has 4 rings (SSSR count). The molecular formula is C28H35N3O6. The molecule has 1 aromatic heterocycles. The van der Waals surface area contributed by atoms with E-state index in [1.165, 1.54) is 7.11 Å². The number of nitrogens with zero attached hydrogens (tertiary/aromatic N) is 2. The third kappa shape index (κ3) is 5.89. The van der Waals surface area contributed by atoms with Crippen molar-refractivity contribution >= 4 is 22.8 Å². The van der Waals surface area contributed by atoms with Crippen LogP contribution in [0.15, 0.2) is 42.5 Å². The predicted octanol–water partition coefficient (Wildman–Crippen LogP) is 2.81. The minimum atomic E-state index is -0.835. The van der Waals surface area contributed by atoms with Crippen LogP contribution in [-0.2, 0) is 27.2 Å². The Hall–Kier alpha value is -3.56. The number of carbonyl (C=O) groups excluding carboxylic acids is 2. The molecule has 1 atom stereocenters. The molecule has 2 heterocycles. The summed E-state index contributed by atoms with van der Waals surface area (Å²) >= 11 is 0. The summed E-state index contributed by atoms with van der Waals surface area (Å²) in [6, 6.07) is 12.4. The second-order valence-electron chi connectivity index (χ2n) is 9.03. The molecular weight excluding hydrogens is 474 g/mol. The highest BCUT2D eigenvalue weighted by Crippen LogP contribution is 2.37. The van der Waals surface area contributed by atoms with Gasteiger partial charge in [-0.3, -0.25) is 9.69 Å². The van der Waals surface area contributed by atoms with Crippen LogP contribution in [0.3, 0.4) is 0 Å². The second-order valence-corrected chi connectivity index (χ2v) is 9.03. The highest BCUT2D eigenvalue weighted by molar-refractivity contribution is 6.11. The first-order chi connectivity index (χ1) is 18.0. The fourth-order valence-corrected chi connectivity index (χ4v) is 4.87. The Morgan fingerprint density at radius 1 is 1.03 bits per heavy atom. The van der Waals surface area contributed by atoms with Crippen LogP contribution in [-0.4, -0.2) is 81.6 Å². The highest BCUT2D eigenvalue weighted by Gasteiger charge is 2.28. The van der Waals surface area contributed by atoms with E-state index in [9.17, 15) is 9.59 Å². The zero-order valence-corrected chi connectivity index (χ0v) is 21.9. The van der Waals surface area contributed by atoms with E-state index in [0.717, 1.165) is 49.6 Å². The van der Waals surface area contributed by atoms with Gasteiger partial charge in [-0.05, 0) is 18.6 Å². The van der Waals surface area contributed by atoms with Crippen molar-refractivity contribution in [3.8, 4) is 11.5 Å². The first kappa shape index (κ1) is 26.5. The molecule has 2 aromatic carbocycles. The summed E-state index contributed by atoms with van der Waals surface area (Å²) in [7, 11) is 4.51. The number of nitrogens with one attached hydrogen (secondary N) is 1. The lowest BCUT2D eigenvalue weighted by atomic mass is 10.0. The van der Waals surface area contributed by atoms with Crippen LogP contribution in [0.25, 0.3) is 10.9 Å². The number of ether oxygens (including phenoxy) is 4. The van der Waals surface area contributed by atoms with Gasteiger partial charge in [0.2, 0.25) is 0 Å². The maximum atomic E-state index is 13.8. The molecule has 37 heavy (non-hydrogen) atoms. The van der Waals surface area contributed by atoms with Crippen LogP contribution >= 0.6 is 0 Å². The zero-order chi connectivity index (χ0) is 26.4. The standard InChI is InChI=1S/C28H35N3O6/c1-19-25(27(32)29-23(28(33)36-4)16-20-8-6-5-7-9-20)22-17-21(34-2)18-24(35-3)26(22)31(19)11-10-30-12-14-37-15-13-30/h5-9,17-18,23H,10-16H2,1-4H3,(H,29,32)/t23-/m1/s1. The van der Waals surface area contributed by atoms with Gasteiger partial charge >= 0.3 is 5.97 Å². The number of morpholine rings is 1. The van der Waals surface area contributed by atoms with E-state index in [2.05, 4.69) is 14.8 Å². The van der Waals surface area contributed by atoms with Crippen LogP contribution < -0.4 is 14.8 Å². The number of hydrogen-bond donors (Lipinski definition) is 1. The molecule has 1 amide bonds. The van der Waals surface area contributed by atoms with Gasteiger partial charge in [0.05, 0.1) is 45.6 Å². The van der Waals surface area contributed by atoms with Crippen molar-refractivity contribution < 1.29 is 28.5 Å². The van der Waals surface area contributed by atoms with Crippen molar-refractivity contribution in [3.63, 3.8) is 0 Å². The number of aromatic nitrogens is 1. The summed E-state index contributed by atoms with van der Waals surface area (Å²) in [4.78, 5) is 28.7. The molecule has 1 aliphatic heterocycles. The first-order valence-corrected chi connectivity index (χ1v) is 12.4. The van der Waals surface area contributed by atoms with Crippen molar-refractivity contribution in [2.45, 2.75) is 25.9 Å². The minimum absolute atomic E-state index is 0.320. The number of amides is 1. The number of carbonyl (C=O) groups is 2. The van der Waals surface area contributed by atoms with Crippen molar-refractivity contribution in [2.24, 2.45) is 0 Å². The lowest BCUT2D eigenvalue weighted by molar-refractivity contribution is -0.142. The number of esters is 1. The minimum Gasteiger partial charge on any atom is -0.497 e. The Bertz CT molecular complexity index is 1230. The van der Waals surface area contributed by atoms with Crippen molar-refractivity contribution in [1.82, 2.24) is 14.8 Å². The van der Waals surface area contributed by atoms with Gasteiger partial charge in [-0.2, -0.15) is 0 Å². The number of hydrogen-bond acceptors (Lipinski definition) is 7. The molecule has 0 bridgehead atoms. The van der Waals surface area contributed by atoms with Crippen molar-refractivity contribution in [3.05, 3.63) is 59.3 Å². The van der Waals surface area contributed by atoms with Crippen LogP contribution in [0.1, 0.15) is 21.6 Å². The van der Waals surface area contributed by atoms with Gasteiger partial charge in [-0.1, -0.05) is 30.3 Å². The van der Waals surface area contributed by atoms with Gasteiger partial charge in [0.15, 0.2) is 0 Å². The predicted molar refractivity (Wildman–Crippen MR) is 140 cm³/mol. The molecule has 1 N–H and O–H groups in total. The van der Waals surface area contributed by atoms with E-state index in [-0.39, 0.29) is 5.91 Å². The summed E-state index contributed by atoms with van der Waals surface area (Å²) < 4.78 is 23.8. The van der Waals surface area contributed by atoms with Crippen LogP contribution in [0.5, 0.6) is 11.5 Å². The molecule has 9 heteroatoms. The highest BCUT2D eigenvalue weighted by atomic mass is 16.5. The summed E-state index contributed by atoms with van der Waals surface area (Å²) in [5, 5.41) is 3.63. The van der Waals surface area contributed by atoms with Gasteiger partial charge in [-0.25, -0.2) is 4.79 Å². The Morgan fingerprint density at radius 2 is 1.76 bits per heavy atom.